The molecule has 0 unspecified atom stereocenters. The Morgan fingerprint density at radius 2 is 2.10 bits per heavy atom. The molecule has 1 aliphatic rings. The van der Waals surface area contributed by atoms with Gasteiger partial charge in [0.15, 0.2) is 0 Å². The lowest BCUT2D eigenvalue weighted by Gasteiger charge is -2.26. The highest BCUT2D eigenvalue weighted by atomic mass is 16.5. The third-order valence-corrected chi connectivity index (χ3v) is 3.74. The molecule has 0 spiro atoms. The van der Waals surface area contributed by atoms with Crippen LogP contribution in [0.5, 0.6) is 0 Å². The summed E-state index contributed by atoms with van der Waals surface area (Å²) < 4.78 is 5.36. The lowest BCUT2D eigenvalue weighted by atomic mass is 10.1. The number of ether oxygens (including phenoxy) is 1. The summed E-state index contributed by atoms with van der Waals surface area (Å²) in [6.07, 6.45) is 1.87. The number of rotatable bonds is 4. The Morgan fingerprint density at radius 1 is 1.25 bits per heavy atom. The molecule has 106 valence electrons. The van der Waals surface area contributed by atoms with E-state index in [1.54, 1.807) is 0 Å². The van der Waals surface area contributed by atoms with E-state index in [-0.39, 0.29) is 0 Å². The van der Waals surface area contributed by atoms with Gasteiger partial charge in [-0.2, -0.15) is 0 Å². The number of aryl methyl sites for hydroxylation is 1. The van der Waals surface area contributed by atoms with E-state index in [0.29, 0.717) is 0 Å². The second kappa shape index (κ2) is 6.20. The first kappa shape index (κ1) is 13.3. The number of benzene rings is 1. The minimum absolute atomic E-state index is 0.859. The van der Waals surface area contributed by atoms with E-state index in [9.17, 15) is 0 Å². The second-order valence-corrected chi connectivity index (χ2v) is 5.26. The van der Waals surface area contributed by atoms with Gasteiger partial charge < -0.3 is 10.1 Å². The molecule has 0 amide bonds. The molecule has 2 heterocycles. The van der Waals surface area contributed by atoms with Gasteiger partial charge in [0, 0.05) is 43.4 Å². The van der Waals surface area contributed by atoms with Crippen LogP contribution in [0.25, 0.3) is 10.9 Å². The third-order valence-electron chi connectivity index (χ3n) is 3.74. The standard InChI is InChI=1S/C16H21N3O/c1-13-2-3-15-14(12-13)16(4-5-17-15)18-6-7-19-8-10-20-11-9-19/h2-5,12H,6-11H2,1H3,(H,17,18). The van der Waals surface area contributed by atoms with Gasteiger partial charge >= 0.3 is 0 Å². The normalized spacial score (nSPS) is 16.4. The monoisotopic (exact) mass is 271 g/mol. The number of pyridine rings is 1. The molecule has 1 aromatic carbocycles. The van der Waals surface area contributed by atoms with Crippen molar-refractivity contribution in [2.24, 2.45) is 0 Å². The first-order chi connectivity index (χ1) is 9.83. The van der Waals surface area contributed by atoms with Gasteiger partial charge in [-0.25, -0.2) is 0 Å². The molecule has 20 heavy (non-hydrogen) atoms. The number of anilines is 1. The second-order valence-electron chi connectivity index (χ2n) is 5.26. The van der Waals surface area contributed by atoms with Crippen LogP contribution in [0.15, 0.2) is 30.5 Å². The van der Waals surface area contributed by atoms with Crippen molar-refractivity contribution >= 4 is 16.6 Å². The van der Waals surface area contributed by atoms with Crippen LogP contribution in [-0.4, -0.2) is 49.3 Å². The molecule has 1 saturated heterocycles. The Labute approximate surface area is 119 Å². The van der Waals surface area contributed by atoms with Gasteiger partial charge in [-0.1, -0.05) is 11.6 Å². The molecule has 0 aliphatic carbocycles. The van der Waals surface area contributed by atoms with Gasteiger partial charge in [0.25, 0.3) is 0 Å². The summed E-state index contributed by atoms with van der Waals surface area (Å²) in [5.41, 5.74) is 3.49. The van der Waals surface area contributed by atoms with Crippen LogP contribution in [0.4, 0.5) is 5.69 Å². The summed E-state index contributed by atoms with van der Waals surface area (Å²) in [6, 6.07) is 8.44. The van der Waals surface area contributed by atoms with Gasteiger partial charge in [0.05, 0.1) is 18.7 Å². The molecule has 0 bridgehead atoms. The maximum atomic E-state index is 5.36. The number of nitrogens with zero attached hydrogens (tertiary/aromatic N) is 2. The molecule has 0 saturated carbocycles. The molecule has 1 aliphatic heterocycles. The third kappa shape index (κ3) is 3.08. The van der Waals surface area contributed by atoms with Crippen LogP contribution in [0.2, 0.25) is 0 Å². The van der Waals surface area contributed by atoms with Crippen LogP contribution < -0.4 is 5.32 Å². The highest BCUT2D eigenvalue weighted by molar-refractivity contribution is 5.91. The minimum atomic E-state index is 0.859. The van der Waals surface area contributed by atoms with E-state index in [1.807, 2.05) is 6.20 Å². The highest BCUT2D eigenvalue weighted by Crippen LogP contribution is 2.22. The average Bonchev–Trinajstić information content (AvgIpc) is 2.49. The van der Waals surface area contributed by atoms with Crippen molar-refractivity contribution in [2.45, 2.75) is 6.92 Å². The Bertz CT molecular complexity index is 579. The van der Waals surface area contributed by atoms with E-state index >= 15 is 0 Å². The van der Waals surface area contributed by atoms with Crippen LogP contribution in [0, 0.1) is 6.92 Å². The summed E-state index contributed by atoms with van der Waals surface area (Å²) in [7, 11) is 0. The molecule has 1 aromatic heterocycles. The van der Waals surface area contributed by atoms with Crippen LogP contribution >= 0.6 is 0 Å². The zero-order valence-corrected chi connectivity index (χ0v) is 11.9. The SMILES string of the molecule is Cc1ccc2nccc(NCCN3CCOCC3)c2c1. The predicted molar refractivity (Wildman–Crippen MR) is 82.2 cm³/mol. The van der Waals surface area contributed by atoms with Crippen molar-refractivity contribution in [1.29, 1.82) is 0 Å². The number of fused-ring (bicyclic) bond motifs is 1. The first-order valence-corrected chi connectivity index (χ1v) is 7.22. The molecule has 4 heteroatoms. The smallest absolute Gasteiger partial charge is 0.0722 e. The molecule has 1 N–H and O–H groups in total. The maximum Gasteiger partial charge on any atom is 0.0722 e. The number of morpholine rings is 1. The molecule has 0 radical (unpaired) electrons. The zero-order valence-electron chi connectivity index (χ0n) is 11.9. The summed E-state index contributed by atoms with van der Waals surface area (Å²) in [5, 5.41) is 4.74. The molecule has 1 fully saturated rings. The number of nitrogens with one attached hydrogen (secondary N) is 1. The Balaban J connectivity index is 1.66. The topological polar surface area (TPSA) is 37.4 Å². The average molecular weight is 271 g/mol. The van der Waals surface area contributed by atoms with E-state index in [1.165, 1.54) is 16.6 Å². The fraction of sp³-hybridized carbons (Fsp3) is 0.438. The van der Waals surface area contributed by atoms with Crippen molar-refractivity contribution in [1.82, 2.24) is 9.88 Å². The van der Waals surface area contributed by atoms with Crippen molar-refractivity contribution in [3.8, 4) is 0 Å². The van der Waals surface area contributed by atoms with Crippen molar-refractivity contribution < 1.29 is 4.74 Å². The van der Waals surface area contributed by atoms with E-state index < -0.39 is 0 Å². The van der Waals surface area contributed by atoms with Crippen LogP contribution in [0.3, 0.4) is 0 Å². The molecule has 0 atom stereocenters. The summed E-state index contributed by atoms with van der Waals surface area (Å²) in [5.74, 6) is 0. The number of hydrogen-bond acceptors (Lipinski definition) is 4. The lowest BCUT2D eigenvalue weighted by molar-refractivity contribution is 0.0398. The van der Waals surface area contributed by atoms with Crippen molar-refractivity contribution in [3.63, 3.8) is 0 Å². The number of aromatic nitrogens is 1. The molecule has 2 aromatic rings. The van der Waals surface area contributed by atoms with Gasteiger partial charge in [0.1, 0.15) is 0 Å². The van der Waals surface area contributed by atoms with Crippen molar-refractivity contribution in [2.75, 3.05) is 44.7 Å². The van der Waals surface area contributed by atoms with E-state index in [4.69, 9.17) is 4.74 Å². The lowest BCUT2D eigenvalue weighted by Crippen LogP contribution is -2.39. The summed E-state index contributed by atoms with van der Waals surface area (Å²) >= 11 is 0. The largest absolute Gasteiger partial charge is 0.383 e. The Kier molecular flexibility index (Phi) is 4.14. The Morgan fingerprint density at radius 3 is 2.95 bits per heavy atom. The fourth-order valence-electron chi connectivity index (χ4n) is 2.59. The van der Waals surface area contributed by atoms with Gasteiger partial charge in [-0.05, 0) is 25.1 Å². The molecule has 3 rings (SSSR count). The summed E-state index contributed by atoms with van der Waals surface area (Å²) in [6.45, 7) is 7.92. The molecule has 4 nitrogen and oxygen atoms in total. The van der Waals surface area contributed by atoms with E-state index in [0.717, 1.165) is 44.9 Å². The zero-order chi connectivity index (χ0) is 13.8. The molecular weight excluding hydrogens is 250 g/mol. The Hall–Kier alpha value is -1.65. The molecular formula is C16H21N3O. The minimum Gasteiger partial charge on any atom is -0.383 e. The van der Waals surface area contributed by atoms with Crippen molar-refractivity contribution in [3.05, 3.63) is 36.0 Å². The predicted octanol–water partition coefficient (Wildman–Crippen LogP) is 2.29. The van der Waals surface area contributed by atoms with Crippen LogP contribution in [-0.2, 0) is 4.74 Å². The fourth-order valence-corrected chi connectivity index (χ4v) is 2.59. The maximum absolute atomic E-state index is 5.36. The van der Waals surface area contributed by atoms with Gasteiger partial charge in [-0.15, -0.1) is 0 Å². The van der Waals surface area contributed by atoms with Gasteiger partial charge in [-0.3, -0.25) is 9.88 Å². The first-order valence-electron chi connectivity index (χ1n) is 7.22. The summed E-state index contributed by atoms with van der Waals surface area (Å²) in [4.78, 5) is 6.85. The highest BCUT2D eigenvalue weighted by Gasteiger charge is 2.09. The quantitative estimate of drug-likeness (QED) is 0.926. The number of hydrogen-bond donors (Lipinski definition) is 1. The van der Waals surface area contributed by atoms with Crippen LogP contribution in [0.1, 0.15) is 5.56 Å². The van der Waals surface area contributed by atoms with E-state index in [2.05, 4.69) is 46.4 Å². The van der Waals surface area contributed by atoms with Gasteiger partial charge in [0.2, 0.25) is 0 Å².